The molecule has 1 aliphatic rings. The van der Waals surface area contributed by atoms with Crippen LogP contribution in [0, 0.1) is 0 Å². The third kappa shape index (κ3) is 2.52. The second kappa shape index (κ2) is 5.37. The van der Waals surface area contributed by atoms with Gasteiger partial charge in [0.2, 0.25) is 10.0 Å². The molecule has 0 bridgehead atoms. The van der Waals surface area contributed by atoms with E-state index in [1.54, 1.807) is 4.31 Å². The van der Waals surface area contributed by atoms with Crippen molar-refractivity contribution in [2.75, 3.05) is 6.54 Å². The lowest BCUT2D eigenvalue weighted by atomic mass is 10.2. The minimum Gasteiger partial charge on any atom is -0.207 e. The van der Waals surface area contributed by atoms with Crippen molar-refractivity contribution in [1.82, 2.24) is 4.31 Å². The summed E-state index contributed by atoms with van der Waals surface area (Å²) in [6, 6.07) is 4.55. The fourth-order valence-corrected chi connectivity index (χ4v) is 4.46. The van der Waals surface area contributed by atoms with Crippen LogP contribution in [0.25, 0.3) is 0 Å². The molecule has 1 heterocycles. The van der Waals surface area contributed by atoms with Gasteiger partial charge < -0.3 is 0 Å². The predicted molar refractivity (Wildman–Crippen MR) is 73.7 cm³/mol. The number of hydrogen-bond acceptors (Lipinski definition) is 2. The van der Waals surface area contributed by atoms with E-state index in [2.05, 4.69) is 0 Å². The Hall–Kier alpha value is -0.290. The van der Waals surface area contributed by atoms with Gasteiger partial charge in [-0.3, -0.25) is 0 Å². The molecule has 18 heavy (non-hydrogen) atoms. The standard InChI is InChI=1S/C12H15Cl2NO2S/c1-2-9-4-3-7-15(9)18(16,17)10-5-6-11(13)12(14)8-10/h5-6,8-9H,2-4,7H2,1H3. The lowest BCUT2D eigenvalue weighted by Gasteiger charge is -2.23. The van der Waals surface area contributed by atoms with E-state index in [1.807, 2.05) is 6.92 Å². The van der Waals surface area contributed by atoms with Crippen molar-refractivity contribution in [2.45, 2.75) is 37.1 Å². The maximum absolute atomic E-state index is 12.5. The van der Waals surface area contributed by atoms with Crippen molar-refractivity contribution in [3.05, 3.63) is 28.2 Å². The zero-order chi connectivity index (χ0) is 13.3. The summed E-state index contributed by atoms with van der Waals surface area (Å²) >= 11 is 11.7. The van der Waals surface area contributed by atoms with Crippen LogP contribution in [0.2, 0.25) is 10.0 Å². The highest BCUT2D eigenvalue weighted by Crippen LogP contribution is 2.30. The monoisotopic (exact) mass is 307 g/mol. The van der Waals surface area contributed by atoms with E-state index in [4.69, 9.17) is 23.2 Å². The number of sulfonamides is 1. The average molecular weight is 308 g/mol. The molecule has 1 aromatic rings. The van der Waals surface area contributed by atoms with Gasteiger partial charge >= 0.3 is 0 Å². The maximum atomic E-state index is 12.5. The first-order chi connectivity index (χ1) is 8.46. The highest BCUT2D eigenvalue weighted by Gasteiger charge is 2.34. The summed E-state index contributed by atoms with van der Waals surface area (Å²) in [4.78, 5) is 0.220. The van der Waals surface area contributed by atoms with Crippen LogP contribution < -0.4 is 0 Å². The first-order valence-electron chi connectivity index (χ1n) is 5.93. The van der Waals surface area contributed by atoms with Crippen LogP contribution in [0.5, 0.6) is 0 Å². The molecule has 0 aromatic heterocycles. The highest BCUT2D eigenvalue weighted by molar-refractivity contribution is 7.89. The van der Waals surface area contributed by atoms with Gasteiger partial charge in [-0.2, -0.15) is 4.31 Å². The third-order valence-electron chi connectivity index (χ3n) is 3.29. The average Bonchev–Trinajstić information content (AvgIpc) is 2.81. The molecule has 3 nitrogen and oxygen atoms in total. The van der Waals surface area contributed by atoms with E-state index in [0.717, 1.165) is 19.3 Å². The van der Waals surface area contributed by atoms with E-state index >= 15 is 0 Å². The van der Waals surface area contributed by atoms with Crippen molar-refractivity contribution in [3.8, 4) is 0 Å². The molecule has 0 saturated carbocycles. The first-order valence-corrected chi connectivity index (χ1v) is 8.13. The summed E-state index contributed by atoms with van der Waals surface area (Å²) in [5.41, 5.74) is 0. The van der Waals surface area contributed by atoms with Gasteiger partial charge in [-0.1, -0.05) is 30.1 Å². The Kier molecular flexibility index (Phi) is 4.22. The van der Waals surface area contributed by atoms with E-state index in [1.165, 1.54) is 18.2 Å². The topological polar surface area (TPSA) is 37.4 Å². The lowest BCUT2D eigenvalue weighted by Crippen LogP contribution is -2.35. The quantitative estimate of drug-likeness (QED) is 0.856. The zero-order valence-corrected chi connectivity index (χ0v) is 12.4. The van der Waals surface area contributed by atoms with Crippen LogP contribution in [0.15, 0.2) is 23.1 Å². The molecular weight excluding hydrogens is 293 g/mol. The molecule has 0 amide bonds. The molecule has 1 saturated heterocycles. The SMILES string of the molecule is CCC1CCCN1S(=O)(=O)c1ccc(Cl)c(Cl)c1. The molecule has 1 unspecified atom stereocenters. The summed E-state index contributed by atoms with van der Waals surface area (Å²) in [6.07, 6.45) is 2.68. The normalized spacial score (nSPS) is 21.4. The smallest absolute Gasteiger partial charge is 0.207 e. The molecule has 1 aliphatic heterocycles. The van der Waals surface area contributed by atoms with E-state index < -0.39 is 10.0 Å². The van der Waals surface area contributed by atoms with Crippen molar-refractivity contribution in [2.24, 2.45) is 0 Å². The predicted octanol–water partition coefficient (Wildman–Crippen LogP) is 3.56. The van der Waals surface area contributed by atoms with Crippen LogP contribution in [0.3, 0.4) is 0 Å². The molecule has 0 spiro atoms. The van der Waals surface area contributed by atoms with Gasteiger partial charge in [0.15, 0.2) is 0 Å². The Balaban J connectivity index is 2.38. The van der Waals surface area contributed by atoms with Gasteiger partial charge in [0.1, 0.15) is 0 Å². The van der Waals surface area contributed by atoms with Crippen LogP contribution in [-0.4, -0.2) is 25.3 Å². The number of rotatable bonds is 3. The number of benzene rings is 1. The van der Waals surface area contributed by atoms with Crippen LogP contribution >= 0.6 is 23.2 Å². The van der Waals surface area contributed by atoms with E-state index in [-0.39, 0.29) is 16.0 Å². The molecule has 1 aromatic carbocycles. The molecule has 100 valence electrons. The Morgan fingerprint density at radius 1 is 1.33 bits per heavy atom. The van der Waals surface area contributed by atoms with Crippen molar-refractivity contribution < 1.29 is 8.42 Å². The Morgan fingerprint density at radius 2 is 2.06 bits per heavy atom. The summed E-state index contributed by atoms with van der Waals surface area (Å²) in [5, 5.41) is 0.633. The molecule has 0 N–H and O–H groups in total. The summed E-state index contributed by atoms with van der Waals surface area (Å²) in [7, 11) is -3.45. The van der Waals surface area contributed by atoms with Gasteiger partial charge in [0.05, 0.1) is 14.9 Å². The summed E-state index contributed by atoms with van der Waals surface area (Å²) in [5.74, 6) is 0. The van der Waals surface area contributed by atoms with Crippen molar-refractivity contribution in [3.63, 3.8) is 0 Å². The van der Waals surface area contributed by atoms with Gasteiger partial charge in [-0.05, 0) is 37.5 Å². The number of nitrogens with zero attached hydrogens (tertiary/aromatic N) is 1. The number of hydrogen-bond donors (Lipinski definition) is 0. The molecule has 0 radical (unpaired) electrons. The largest absolute Gasteiger partial charge is 0.243 e. The van der Waals surface area contributed by atoms with Crippen molar-refractivity contribution in [1.29, 1.82) is 0 Å². The van der Waals surface area contributed by atoms with Crippen molar-refractivity contribution >= 4 is 33.2 Å². The number of halogens is 2. The Labute approximate surface area is 118 Å². The molecule has 2 rings (SSSR count). The van der Waals surface area contributed by atoms with Crippen LogP contribution in [0.1, 0.15) is 26.2 Å². The lowest BCUT2D eigenvalue weighted by molar-refractivity contribution is 0.379. The minimum atomic E-state index is -3.45. The summed E-state index contributed by atoms with van der Waals surface area (Å²) < 4.78 is 26.6. The van der Waals surface area contributed by atoms with Gasteiger partial charge in [-0.15, -0.1) is 0 Å². The zero-order valence-electron chi connectivity index (χ0n) is 10.1. The maximum Gasteiger partial charge on any atom is 0.243 e. The van der Waals surface area contributed by atoms with Crippen LogP contribution in [0.4, 0.5) is 0 Å². The first kappa shape index (κ1) is 14.1. The summed E-state index contributed by atoms with van der Waals surface area (Å²) in [6.45, 7) is 2.59. The highest BCUT2D eigenvalue weighted by atomic mass is 35.5. The minimum absolute atomic E-state index is 0.101. The van der Waals surface area contributed by atoms with E-state index in [0.29, 0.717) is 11.6 Å². The van der Waals surface area contributed by atoms with Gasteiger partial charge in [-0.25, -0.2) is 8.42 Å². The second-order valence-corrected chi connectivity index (χ2v) is 7.10. The fourth-order valence-electron chi connectivity index (χ4n) is 2.31. The molecule has 0 aliphatic carbocycles. The fraction of sp³-hybridized carbons (Fsp3) is 0.500. The Bertz CT molecular complexity index is 545. The van der Waals surface area contributed by atoms with Gasteiger partial charge in [0.25, 0.3) is 0 Å². The van der Waals surface area contributed by atoms with E-state index in [9.17, 15) is 8.42 Å². The molecule has 6 heteroatoms. The van der Waals surface area contributed by atoms with Crippen LogP contribution in [-0.2, 0) is 10.0 Å². The molecule has 1 atom stereocenters. The van der Waals surface area contributed by atoms with Gasteiger partial charge in [0, 0.05) is 12.6 Å². The third-order valence-corrected chi connectivity index (χ3v) is 5.98. The molecule has 1 fully saturated rings. The molecular formula is C12H15Cl2NO2S. The second-order valence-electron chi connectivity index (χ2n) is 4.40. The Morgan fingerprint density at radius 3 is 2.67 bits per heavy atom.